The molecule has 0 bridgehead atoms. The van der Waals surface area contributed by atoms with Gasteiger partial charge in [0.25, 0.3) is 0 Å². The minimum atomic E-state index is -3.48. The van der Waals surface area contributed by atoms with Crippen molar-refractivity contribution in [3.63, 3.8) is 0 Å². The van der Waals surface area contributed by atoms with E-state index in [0.29, 0.717) is 0 Å². The molecule has 2 N–H and O–H groups in total. The predicted octanol–water partition coefficient (Wildman–Crippen LogP) is 0.0779. The SMILES string of the molecule is COP(=O)(OC)OCCOCCOC(CNC(C)=O)CNC(C)=O. The average Bonchev–Trinajstić information content (AvgIpc) is 2.55. The molecular weight excluding hydrogens is 343 g/mol. The van der Waals surface area contributed by atoms with Crippen molar-refractivity contribution in [3.05, 3.63) is 0 Å². The summed E-state index contributed by atoms with van der Waals surface area (Å²) in [6, 6.07) is 0. The van der Waals surface area contributed by atoms with Crippen molar-refractivity contribution in [2.24, 2.45) is 0 Å². The van der Waals surface area contributed by atoms with Crippen LogP contribution in [0.2, 0.25) is 0 Å². The number of phosphoric ester groups is 1. The molecular formula is C13H27N2O8P. The highest BCUT2D eigenvalue weighted by molar-refractivity contribution is 7.48. The number of hydrogen-bond acceptors (Lipinski definition) is 8. The zero-order valence-corrected chi connectivity index (χ0v) is 15.4. The molecule has 24 heavy (non-hydrogen) atoms. The Balaban J connectivity index is 3.87. The molecule has 11 heteroatoms. The van der Waals surface area contributed by atoms with Gasteiger partial charge in [-0.25, -0.2) is 4.57 Å². The van der Waals surface area contributed by atoms with Crippen LogP contribution < -0.4 is 10.6 Å². The summed E-state index contributed by atoms with van der Waals surface area (Å²) in [6.07, 6.45) is -0.361. The Morgan fingerprint density at radius 1 is 0.917 bits per heavy atom. The number of carbonyl (C=O) groups is 2. The second-order valence-corrected chi connectivity index (χ2v) is 6.51. The fraction of sp³-hybridized carbons (Fsp3) is 0.846. The molecule has 0 saturated heterocycles. The molecule has 0 fully saturated rings. The molecule has 0 heterocycles. The van der Waals surface area contributed by atoms with Crippen LogP contribution in [0.4, 0.5) is 0 Å². The van der Waals surface area contributed by atoms with E-state index < -0.39 is 7.82 Å². The highest BCUT2D eigenvalue weighted by Crippen LogP contribution is 2.47. The maximum Gasteiger partial charge on any atom is 0.474 e. The van der Waals surface area contributed by atoms with E-state index in [4.69, 9.17) is 14.0 Å². The first-order valence-electron chi connectivity index (χ1n) is 7.37. The molecule has 0 spiro atoms. The van der Waals surface area contributed by atoms with Gasteiger partial charge in [0.05, 0.1) is 32.5 Å². The maximum atomic E-state index is 11.6. The molecule has 0 unspecified atom stereocenters. The van der Waals surface area contributed by atoms with Crippen LogP contribution in [0.15, 0.2) is 0 Å². The number of carbonyl (C=O) groups excluding carboxylic acids is 2. The molecule has 0 aromatic carbocycles. The third-order valence-corrected chi connectivity index (χ3v) is 4.06. The molecule has 0 aromatic heterocycles. The summed E-state index contributed by atoms with van der Waals surface area (Å²) in [5, 5.41) is 5.25. The lowest BCUT2D eigenvalue weighted by molar-refractivity contribution is -0.120. The van der Waals surface area contributed by atoms with Gasteiger partial charge in [0.15, 0.2) is 0 Å². The first-order chi connectivity index (χ1) is 11.3. The van der Waals surface area contributed by atoms with Crippen LogP contribution in [0, 0.1) is 0 Å². The van der Waals surface area contributed by atoms with E-state index in [1.165, 1.54) is 28.1 Å². The van der Waals surface area contributed by atoms with Gasteiger partial charge in [-0.15, -0.1) is 0 Å². The van der Waals surface area contributed by atoms with Gasteiger partial charge in [0.2, 0.25) is 11.8 Å². The molecule has 0 atom stereocenters. The summed E-state index contributed by atoms with van der Waals surface area (Å²) in [7, 11) is -1.03. The van der Waals surface area contributed by atoms with Crippen molar-refractivity contribution in [1.29, 1.82) is 0 Å². The van der Waals surface area contributed by atoms with Gasteiger partial charge in [-0.2, -0.15) is 0 Å². The third kappa shape index (κ3) is 12.4. The molecule has 0 aliphatic rings. The van der Waals surface area contributed by atoms with Gasteiger partial charge in [-0.1, -0.05) is 0 Å². The van der Waals surface area contributed by atoms with Gasteiger partial charge >= 0.3 is 7.82 Å². The normalized spacial score (nSPS) is 11.5. The number of amides is 2. The van der Waals surface area contributed by atoms with Gasteiger partial charge < -0.3 is 20.1 Å². The molecule has 0 saturated carbocycles. The number of ether oxygens (including phenoxy) is 2. The number of hydrogen-bond donors (Lipinski definition) is 2. The second kappa shape index (κ2) is 13.3. The van der Waals surface area contributed by atoms with Crippen molar-refractivity contribution < 1.29 is 37.2 Å². The van der Waals surface area contributed by atoms with Crippen LogP contribution in [0.25, 0.3) is 0 Å². The molecule has 0 radical (unpaired) electrons. The van der Waals surface area contributed by atoms with E-state index in [2.05, 4.69) is 19.7 Å². The summed E-state index contributed by atoms with van der Waals surface area (Å²) in [5.41, 5.74) is 0. The Morgan fingerprint density at radius 2 is 1.42 bits per heavy atom. The minimum absolute atomic E-state index is 0.0418. The smallest absolute Gasteiger partial charge is 0.377 e. The van der Waals surface area contributed by atoms with E-state index in [1.54, 1.807) is 0 Å². The molecule has 0 aliphatic carbocycles. The molecule has 2 amide bonds. The average molecular weight is 370 g/mol. The quantitative estimate of drug-likeness (QED) is 0.326. The topological polar surface area (TPSA) is 121 Å². The van der Waals surface area contributed by atoms with Crippen molar-refractivity contribution in [1.82, 2.24) is 10.6 Å². The van der Waals surface area contributed by atoms with Crippen molar-refractivity contribution >= 4 is 19.6 Å². The van der Waals surface area contributed by atoms with E-state index in [9.17, 15) is 14.2 Å². The van der Waals surface area contributed by atoms with Gasteiger partial charge in [-0.05, 0) is 0 Å². The fourth-order valence-electron chi connectivity index (χ4n) is 1.47. The Bertz CT molecular complexity index is 395. The Hall–Kier alpha value is -1.03. The molecule has 0 aromatic rings. The highest BCUT2D eigenvalue weighted by Gasteiger charge is 2.21. The van der Waals surface area contributed by atoms with E-state index >= 15 is 0 Å². The lowest BCUT2D eigenvalue weighted by Crippen LogP contribution is -2.41. The van der Waals surface area contributed by atoms with Gasteiger partial charge in [-0.3, -0.25) is 23.2 Å². The first-order valence-corrected chi connectivity index (χ1v) is 8.83. The zero-order valence-electron chi connectivity index (χ0n) is 14.5. The standard InChI is InChI=1S/C13H27N2O8P/c1-11(16)14-9-13(10-15-12(2)17)22-7-5-21-6-8-23-24(18,19-3)20-4/h13H,5-10H2,1-4H3,(H,14,16)(H,15,17). The minimum Gasteiger partial charge on any atom is -0.377 e. The zero-order chi connectivity index (χ0) is 18.4. The molecule has 142 valence electrons. The lowest BCUT2D eigenvalue weighted by Gasteiger charge is -2.18. The number of phosphoric acid groups is 1. The molecule has 10 nitrogen and oxygen atoms in total. The molecule has 0 aliphatic heterocycles. The third-order valence-electron chi connectivity index (χ3n) is 2.66. The van der Waals surface area contributed by atoms with Crippen LogP contribution in [0.5, 0.6) is 0 Å². The van der Waals surface area contributed by atoms with Crippen molar-refractivity contribution in [2.75, 3.05) is 53.7 Å². The number of rotatable bonds is 14. The van der Waals surface area contributed by atoms with Crippen molar-refractivity contribution in [2.45, 2.75) is 20.0 Å². The Labute approximate surface area is 142 Å². The highest BCUT2D eigenvalue weighted by atomic mass is 31.2. The van der Waals surface area contributed by atoms with Crippen LogP contribution in [0.1, 0.15) is 13.8 Å². The Morgan fingerprint density at radius 3 is 1.88 bits per heavy atom. The van der Waals surface area contributed by atoms with Crippen LogP contribution >= 0.6 is 7.82 Å². The van der Waals surface area contributed by atoms with Crippen molar-refractivity contribution in [3.8, 4) is 0 Å². The van der Waals surface area contributed by atoms with E-state index in [-0.39, 0.29) is 57.4 Å². The van der Waals surface area contributed by atoms with Crippen LogP contribution in [-0.2, 0) is 37.2 Å². The van der Waals surface area contributed by atoms with Gasteiger partial charge in [0.1, 0.15) is 0 Å². The van der Waals surface area contributed by atoms with E-state index in [0.717, 1.165) is 0 Å². The molecule has 0 rings (SSSR count). The lowest BCUT2D eigenvalue weighted by atomic mass is 10.3. The Kier molecular flexibility index (Phi) is 12.7. The second-order valence-electron chi connectivity index (χ2n) is 4.62. The summed E-state index contributed by atoms with van der Waals surface area (Å²) in [5.74, 6) is -0.360. The number of nitrogens with one attached hydrogen (secondary N) is 2. The maximum absolute atomic E-state index is 11.6. The monoisotopic (exact) mass is 370 g/mol. The van der Waals surface area contributed by atoms with Crippen LogP contribution in [-0.4, -0.2) is 71.7 Å². The largest absolute Gasteiger partial charge is 0.474 e. The summed E-state index contributed by atoms with van der Waals surface area (Å²) in [4.78, 5) is 21.9. The summed E-state index contributed by atoms with van der Waals surface area (Å²) in [6.45, 7) is 4.12. The van der Waals surface area contributed by atoms with Gasteiger partial charge in [0, 0.05) is 41.2 Å². The fourth-order valence-corrected chi connectivity index (χ4v) is 2.13. The summed E-state index contributed by atoms with van der Waals surface area (Å²) < 4.78 is 36.5. The predicted molar refractivity (Wildman–Crippen MR) is 85.5 cm³/mol. The van der Waals surface area contributed by atoms with Crippen LogP contribution in [0.3, 0.4) is 0 Å². The van der Waals surface area contributed by atoms with E-state index in [1.807, 2.05) is 0 Å². The first kappa shape index (κ1) is 23.0. The summed E-state index contributed by atoms with van der Waals surface area (Å²) >= 11 is 0.